The Kier molecular flexibility index (Phi) is 5.23. The van der Waals surface area contributed by atoms with E-state index in [0.717, 1.165) is 16.9 Å². The Morgan fingerprint density at radius 2 is 2.05 bits per heavy atom. The van der Waals surface area contributed by atoms with E-state index in [1.54, 1.807) is 6.92 Å². The van der Waals surface area contributed by atoms with Gasteiger partial charge in [-0.2, -0.15) is 0 Å². The molecule has 1 unspecified atom stereocenters. The number of benzene rings is 1. The van der Waals surface area contributed by atoms with E-state index in [4.69, 9.17) is 9.47 Å². The molecule has 1 aliphatic rings. The minimum atomic E-state index is -0.457. The Hall–Kier alpha value is -1.06. The highest BCUT2D eigenvalue weighted by Crippen LogP contribution is 2.27. The van der Waals surface area contributed by atoms with E-state index in [-0.39, 0.29) is 0 Å². The van der Waals surface area contributed by atoms with Crippen LogP contribution >= 0.6 is 0 Å². The van der Waals surface area contributed by atoms with Crippen molar-refractivity contribution in [3.8, 4) is 5.75 Å². The molecular formula is C16H24O3. The van der Waals surface area contributed by atoms with Gasteiger partial charge in [-0.3, -0.25) is 0 Å². The first-order valence-electron chi connectivity index (χ1n) is 7.26. The molecule has 106 valence electrons. The summed E-state index contributed by atoms with van der Waals surface area (Å²) in [6.07, 6.45) is 4.82. The lowest BCUT2D eigenvalue weighted by molar-refractivity contribution is 0.0442. The van der Waals surface area contributed by atoms with Gasteiger partial charge < -0.3 is 14.6 Å². The fourth-order valence-electron chi connectivity index (χ4n) is 2.53. The standard InChI is InChI=1S/C16H24O3/c1-3-18-16-9-8-13(12(2)17)10-14(16)11-19-15-6-4-5-7-15/h8-10,12,15,17H,3-7,11H2,1-2H3. The molecule has 1 atom stereocenters. The molecule has 0 bridgehead atoms. The van der Waals surface area contributed by atoms with Crippen molar-refractivity contribution in [2.75, 3.05) is 6.61 Å². The number of hydrogen-bond acceptors (Lipinski definition) is 3. The minimum Gasteiger partial charge on any atom is -0.494 e. The third-order valence-corrected chi connectivity index (χ3v) is 3.64. The van der Waals surface area contributed by atoms with Crippen LogP contribution in [0.2, 0.25) is 0 Å². The largest absolute Gasteiger partial charge is 0.494 e. The predicted molar refractivity (Wildman–Crippen MR) is 75.3 cm³/mol. The number of aliphatic hydroxyl groups excluding tert-OH is 1. The summed E-state index contributed by atoms with van der Waals surface area (Å²) in [6, 6.07) is 5.83. The Bertz CT molecular complexity index is 395. The SMILES string of the molecule is CCOc1ccc(C(C)O)cc1COC1CCCC1. The van der Waals surface area contributed by atoms with Gasteiger partial charge in [-0.25, -0.2) is 0 Å². The fraction of sp³-hybridized carbons (Fsp3) is 0.625. The third kappa shape index (κ3) is 3.95. The highest BCUT2D eigenvalue weighted by molar-refractivity contribution is 5.37. The monoisotopic (exact) mass is 264 g/mol. The second-order valence-electron chi connectivity index (χ2n) is 5.19. The van der Waals surface area contributed by atoms with Gasteiger partial charge >= 0.3 is 0 Å². The van der Waals surface area contributed by atoms with E-state index in [1.165, 1.54) is 25.7 Å². The van der Waals surface area contributed by atoms with Crippen molar-refractivity contribution in [2.24, 2.45) is 0 Å². The summed E-state index contributed by atoms with van der Waals surface area (Å²) in [4.78, 5) is 0. The summed E-state index contributed by atoms with van der Waals surface area (Å²) in [5.41, 5.74) is 1.95. The van der Waals surface area contributed by atoms with Crippen LogP contribution in [0.5, 0.6) is 5.75 Å². The molecular weight excluding hydrogens is 240 g/mol. The molecule has 3 heteroatoms. The van der Waals surface area contributed by atoms with Crippen molar-refractivity contribution in [3.05, 3.63) is 29.3 Å². The zero-order chi connectivity index (χ0) is 13.7. The summed E-state index contributed by atoms with van der Waals surface area (Å²) in [7, 11) is 0. The molecule has 1 aromatic rings. The number of rotatable bonds is 6. The molecule has 3 nitrogen and oxygen atoms in total. The quantitative estimate of drug-likeness (QED) is 0.853. The molecule has 1 aliphatic carbocycles. The molecule has 1 N–H and O–H groups in total. The van der Waals surface area contributed by atoms with Gasteiger partial charge in [0.1, 0.15) is 5.75 Å². The lowest BCUT2D eigenvalue weighted by Crippen LogP contribution is -2.09. The van der Waals surface area contributed by atoms with E-state index in [9.17, 15) is 5.11 Å². The second kappa shape index (κ2) is 6.92. The maximum absolute atomic E-state index is 9.67. The van der Waals surface area contributed by atoms with Crippen molar-refractivity contribution in [1.82, 2.24) is 0 Å². The van der Waals surface area contributed by atoms with Crippen LogP contribution in [0, 0.1) is 0 Å². The molecule has 0 spiro atoms. The van der Waals surface area contributed by atoms with E-state index in [2.05, 4.69) is 0 Å². The summed E-state index contributed by atoms with van der Waals surface area (Å²) in [5, 5.41) is 9.67. The van der Waals surface area contributed by atoms with Crippen LogP contribution in [0.4, 0.5) is 0 Å². The van der Waals surface area contributed by atoms with Crippen LogP contribution in [0.25, 0.3) is 0 Å². The first-order valence-corrected chi connectivity index (χ1v) is 7.26. The van der Waals surface area contributed by atoms with Crippen LogP contribution in [0.15, 0.2) is 18.2 Å². The molecule has 19 heavy (non-hydrogen) atoms. The van der Waals surface area contributed by atoms with Gasteiger partial charge in [-0.05, 0) is 44.4 Å². The zero-order valence-corrected chi connectivity index (χ0v) is 11.9. The smallest absolute Gasteiger partial charge is 0.124 e. The molecule has 0 radical (unpaired) electrons. The molecule has 2 rings (SSSR count). The van der Waals surface area contributed by atoms with Crippen LogP contribution < -0.4 is 4.74 Å². The highest BCUT2D eigenvalue weighted by Gasteiger charge is 2.16. The molecule has 0 aliphatic heterocycles. The number of hydrogen-bond donors (Lipinski definition) is 1. The Balaban J connectivity index is 2.07. The third-order valence-electron chi connectivity index (χ3n) is 3.64. The van der Waals surface area contributed by atoms with E-state index >= 15 is 0 Å². The van der Waals surface area contributed by atoms with Crippen molar-refractivity contribution in [1.29, 1.82) is 0 Å². The van der Waals surface area contributed by atoms with Crippen LogP contribution in [0.3, 0.4) is 0 Å². The molecule has 0 saturated heterocycles. The van der Waals surface area contributed by atoms with Crippen molar-refractivity contribution >= 4 is 0 Å². The van der Waals surface area contributed by atoms with Crippen LogP contribution in [-0.2, 0) is 11.3 Å². The minimum absolute atomic E-state index is 0.393. The maximum atomic E-state index is 9.67. The average molecular weight is 264 g/mol. The lowest BCUT2D eigenvalue weighted by Gasteiger charge is -2.16. The van der Waals surface area contributed by atoms with Gasteiger partial charge in [-0.15, -0.1) is 0 Å². The molecule has 1 saturated carbocycles. The second-order valence-corrected chi connectivity index (χ2v) is 5.19. The van der Waals surface area contributed by atoms with Gasteiger partial charge in [0.2, 0.25) is 0 Å². The van der Waals surface area contributed by atoms with Crippen molar-refractivity contribution in [2.45, 2.75) is 58.3 Å². The van der Waals surface area contributed by atoms with E-state index in [0.29, 0.717) is 19.3 Å². The average Bonchev–Trinajstić information content (AvgIpc) is 2.90. The maximum Gasteiger partial charge on any atom is 0.124 e. The molecule has 1 aromatic carbocycles. The molecule has 1 fully saturated rings. The van der Waals surface area contributed by atoms with Gasteiger partial charge in [0, 0.05) is 5.56 Å². The van der Waals surface area contributed by atoms with E-state index < -0.39 is 6.10 Å². The first kappa shape index (κ1) is 14.4. The van der Waals surface area contributed by atoms with Gasteiger partial charge in [0.05, 0.1) is 25.4 Å². The molecule has 0 aromatic heterocycles. The number of ether oxygens (including phenoxy) is 2. The predicted octanol–water partition coefficient (Wildman–Crippen LogP) is 3.60. The zero-order valence-electron chi connectivity index (χ0n) is 11.9. The van der Waals surface area contributed by atoms with E-state index in [1.807, 2.05) is 25.1 Å². The molecule has 0 heterocycles. The Labute approximate surface area is 115 Å². The summed E-state index contributed by atoms with van der Waals surface area (Å²) < 4.78 is 11.6. The Morgan fingerprint density at radius 3 is 2.68 bits per heavy atom. The van der Waals surface area contributed by atoms with Crippen LogP contribution in [0.1, 0.15) is 56.8 Å². The topological polar surface area (TPSA) is 38.7 Å². The summed E-state index contributed by atoms with van der Waals surface area (Å²) in [5.74, 6) is 0.866. The highest BCUT2D eigenvalue weighted by atomic mass is 16.5. The van der Waals surface area contributed by atoms with Crippen LogP contribution in [-0.4, -0.2) is 17.8 Å². The lowest BCUT2D eigenvalue weighted by atomic mass is 10.1. The molecule has 0 amide bonds. The van der Waals surface area contributed by atoms with Gasteiger partial charge in [-0.1, -0.05) is 18.9 Å². The summed E-state index contributed by atoms with van der Waals surface area (Å²) >= 11 is 0. The fourth-order valence-corrected chi connectivity index (χ4v) is 2.53. The first-order chi connectivity index (χ1) is 9.20. The summed E-state index contributed by atoms with van der Waals surface area (Å²) in [6.45, 7) is 4.96. The van der Waals surface area contributed by atoms with Crippen molar-refractivity contribution < 1.29 is 14.6 Å². The van der Waals surface area contributed by atoms with Gasteiger partial charge in [0.25, 0.3) is 0 Å². The normalized spacial score (nSPS) is 17.6. The number of aliphatic hydroxyl groups is 1. The Morgan fingerprint density at radius 1 is 1.32 bits per heavy atom. The van der Waals surface area contributed by atoms with Crippen molar-refractivity contribution in [3.63, 3.8) is 0 Å². The van der Waals surface area contributed by atoms with Gasteiger partial charge in [0.15, 0.2) is 0 Å².